The first-order valence-electron chi connectivity index (χ1n) is 10.5. The van der Waals surface area contributed by atoms with Gasteiger partial charge >= 0.3 is 6.61 Å². The van der Waals surface area contributed by atoms with E-state index in [9.17, 15) is 18.4 Å². The molecule has 1 saturated heterocycles. The molecule has 2 aromatic carbocycles. The highest BCUT2D eigenvalue weighted by molar-refractivity contribution is 5.99. The zero-order valence-corrected chi connectivity index (χ0v) is 17.8. The molecule has 1 aliphatic heterocycles. The SMILES string of the molecule is Cc1nc(-c2ccccc2NC(=O)C2CCCN(C(=O)c3ccccc3OC(F)F)C2)no1. The molecule has 2 heterocycles. The molecule has 1 unspecified atom stereocenters. The lowest BCUT2D eigenvalue weighted by atomic mass is 9.96. The molecule has 8 nitrogen and oxygen atoms in total. The van der Waals surface area contributed by atoms with Gasteiger partial charge in [-0.15, -0.1) is 0 Å². The van der Waals surface area contributed by atoms with Gasteiger partial charge in [-0.05, 0) is 37.1 Å². The summed E-state index contributed by atoms with van der Waals surface area (Å²) in [6.07, 6.45) is 1.20. The maximum Gasteiger partial charge on any atom is 0.387 e. The number of amides is 2. The molecule has 172 valence electrons. The van der Waals surface area contributed by atoms with E-state index in [-0.39, 0.29) is 23.8 Å². The van der Waals surface area contributed by atoms with Crippen LogP contribution in [-0.4, -0.2) is 46.6 Å². The Labute approximate surface area is 188 Å². The van der Waals surface area contributed by atoms with Crippen molar-refractivity contribution in [1.82, 2.24) is 15.0 Å². The van der Waals surface area contributed by atoms with Crippen LogP contribution >= 0.6 is 0 Å². The third-order valence-corrected chi connectivity index (χ3v) is 5.37. The molecule has 0 saturated carbocycles. The highest BCUT2D eigenvalue weighted by atomic mass is 19.3. The summed E-state index contributed by atoms with van der Waals surface area (Å²) in [6.45, 7) is -0.779. The van der Waals surface area contributed by atoms with Crippen molar-refractivity contribution >= 4 is 17.5 Å². The molecular formula is C23H22F2N4O4. The molecule has 33 heavy (non-hydrogen) atoms. The quantitative estimate of drug-likeness (QED) is 0.599. The standard InChI is InChI=1S/C23H22F2N4O4/c1-14-26-20(28-33-14)16-8-2-4-10-18(16)27-21(30)15-7-6-12-29(13-15)22(31)17-9-3-5-11-19(17)32-23(24)25/h2-5,8-11,15,23H,6-7,12-13H2,1H3,(H,27,30). The van der Waals surface area contributed by atoms with E-state index in [4.69, 9.17) is 4.52 Å². The predicted octanol–water partition coefficient (Wildman–Crippen LogP) is 4.14. The summed E-state index contributed by atoms with van der Waals surface area (Å²) in [5.74, 6) is -0.591. The minimum Gasteiger partial charge on any atom is -0.434 e. The molecule has 3 aromatic rings. The van der Waals surface area contributed by atoms with Gasteiger partial charge < -0.3 is 19.5 Å². The van der Waals surface area contributed by atoms with Gasteiger partial charge in [0.05, 0.1) is 17.2 Å². The van der Waals surface area contributed by atoms with Gasteiger partial charge in [-0.25, -0.2) is 0 Å². The smallest absolute Gasteiger partial charge is 0.387 e. The molecule has 1 aliphatic rings. The number of piperidine rings is 1. The van der Waals surface area contributed by atoms with E-state index >= 15 is 0 Å². The Morgan fingerprint density at radius 3 is 2.70 bits per heavy atom. The van der Waals surface area contributed by atoms with E-state index in [0.717, 1.165) is 0 Å². The third kappa shape index (κ3) is 5.16. The van der Waals surface area contributed by atoms with Crippen molar-refractivity contribution < 1.29 is 27.6 Å². The Morgan fingerprint density at radius 1 is 1.18 bits per heavy atom. The van der Waals surface area contributed by atoms with Gasteiger partial charge in [0.15, 0.2) is 0 Å². The number of halogens is 2. The fraction of sp³-hybridized carbons (Fsp3) is 0.304. The van der Waals surface area contributed by atoms with Crippen molar-refractivity contribution in [2.24, 2.45) is 5.92 Å². The Balaban J connectivity index is 1.48. The van der Waals surface area contributed by atoms with Crippen LogP contribution in [0.15, 0.2) is 53.1 Å². The first-order valence-corrected chi connectivity index (χ1v) is 10.5. The molecule has 1 fully saturated rings. The number of para-hydroxylation sites is 2. The summed E-state index contributed by atoms with van der Waals surface area (Å²) in [6, 6.07) is 13.0. The van der Waals surface area contributed by atoms with Gasteiger partial charge in [0.25, 0.3) is 5.91 Å². The average Bonchev–Trinajstić information content (AvgIpc) is 3.25. The molecular weight excluding hydrogens is 434 g/mol. The number of anilines is 1. The summed E-state index contributed by atoms with van der Waals surface area (Å²) in [5.41, 5.74) is 1.18. The van der Waals surface area contributed by atoms with Crippen LogP contribution in [0.2, 0.25) is 0 Å². The number of aryl methyl sites for hydroxylation is 1. The number of carbonyl (C=O) groups is 2. The van der Waals surface area contributed by atoms with E-state index in [2.05, 4.69) is 20.2 Å². The van der Waals surface area contributed by atoms with E-state index in [1.54, 1.807) is 37.3 Å². The van der Waals surface area contributed by atoms with Crippen LogP contribution in [0.4, 0.5) is 14.5 Å². The molecule has 0 aliphatic carbocycles. The topological polar surface area (TPSA) is 97.6 Å². The van der Waals surface area contributed by atoms with Crippen LogP contribution in [0.1, 0.15) is 29.1 Å². The third-order valence-electron chi connectivity index (χ3n) is 5.37. The zero-order valence-electron chi connectivity index (χ0n) is 17.8. The number of hydrogen-bond acceptors (Lipinski definition) is 6. The summed E-state index contributed by atoms with van der Waals surface area (Å²) in [7, 11) is 0. The number of likely N-dealkylation sites (tertiary alicyclic amines) is 1. The van der Waals surface area contributed by atoms with Crippen LogP contribution < -0.4 is 10.1 Å². The van der Waals surface area contributed by atoms with Gasteiger partial charge in [0, 0.05) is 25.6 Å². The largest absolute Gasteiger partial charge is 0.434 e. The summed E-state index contributed by atoms with van der Waals surface area (Å²) >= 11 is 0. The minimum atomic E-state index is -3.04. The summed E-state index contributed by atoms with van der Waals surface area (Å²) < 4.78 is 35.0. The van der Waals surface area contributed by atoms with Gasteiger partial charge in [-0.2, -0.15) is 13.8 Å². The van der Waals surface area contributed by atoms with Gasteiger partial charge in [-0.1, -0.05) is 29.4 Å². The van der Waals surface area contributed by atoms with Gasteiger partial charge in [-0.3, -0.25) is 9.59 Å². The van der Waals surface area contributed by atoms with Crippen molar-refractivity contribution in [2.45, 2.75) is 26.4 Å². The lowest BCUT2D eigenvalue weighted by Gasteiger charge is -2.32. The first-order chi connectivity index (χ1) is 15.9. The highest BCUT2D eigenvalue weighted by Gasteiger charge is 2.31. The number of ether oxygens (including phenoxy) is 1. The first kappa shape index (κ1) is 22.4. The van der Waals surface area contributed by atoms with Crippen molar-refractivity contribution in [2.75, 3.05) is 18.4 Å². The number of nitrogens with zero attached hydrogens (tertiary/aromatic N) is 3. The number of aromatic nitrogens is 2. The second-order valence-corrected chi connectivity index (χ2v) is 7.64. The fourth-order valence-electron chi connectivity index (χ4n) is 3.82. The molecule has 1 atom stereocenters. The molecule has 1 aromatic heterocycles. The molecule has 1 N–H and O–H groups in total. The highest BCUT2D eigenvalue weighted by Crippen LogP contribution is 2.28. The number of benzene rings is 2. The Kier molecular flexibility index (Phi) is 6.62. The van der Waals surface area contributed by atoms with Crippen LogP contribution in [0.5, 0.6) is 5.75 Å². The van der Waals surface area contributed by atoms with Crippen LogP contribution in [0, 0.1) is 12.8 Å². The average molecular weight is 456 g/mol. The summed E-state index contributed by atoms with van der Waals surface area (Å²) in [5, 5.41) is 6.81. The molecule has 0 spiro atoms. The van der Waals surface area contributed by atoms with Crippen LogP contribution in [0.25, 0.3) is 11.4 Å². The molecule has 4 rings (SSSR count). The van der Waals surface area contributed by atoms with Crippen LogP contribution in [0.3, 0.4) is 0 Å². The van der Waals surface area contributed by atoms with Crippen molar-refractivity contribution in [1.29, 1.82) is 0 Å². The van der Waals surface area contributed by atoms with E-state index in [0.29, 0.717) is 42.4 Å². The molecule has 0 bridgehead atoms. The molecule has 0 radical (unpaired) electrons. The van der Waals surface area contributed by atoms with Crippen LogP contribution in [-0.2, 0) is 4.79 Å². The number of hydrogen-bond donors (Lipinski definition) is 1. The van der Waals surface area contributed by atoms with Crippen molar-refractivity contribution in [3.63, 3.8) is 0 Å². The normalized spacial score (nSPS) is 16.0. The number of nitrogens with one attached hydrogen (secondary N) is 1. The van der Waals surface area contributed by atoms with E-state index in [1.807, 2.05) is 0 Å². The van der Waals surface area contributed by atoms with Gasteiger partial charge in [0.2, 0.25) is 17.6 Å². The molecule has 10 heteroatoms. The van der Waals surface area contributed by atoms with E-state index in [1.165, 1.54) is 23.1 Å². The number of carbonyl (C=O) groups excluding carboxylic acids is 2. The Hall–Kier alpha value is -3.82. The van der Waals surface area contributed by atoms with E-state index < -0.39 is 18.4 Å². The maximum atomic E-state index is 13.0. The lowest BCUT2D eigenvalue weighted by Crippen LogP contribution is -2.44. The predicted molar refractivity (Wildman–Crippen MR) is 115 cm³/mol. The Morgan fingerprint density at radius 2 is 1.94 bits per heavy atom. The number of rotatable bonds is 6. The Bertz CT molecular complexity index is 1150. The number of alkyl halides is 2. The van der Waals surface area contributed by atoms with Crippen molar-refractivity contribution in [3.8, 4) is 17.1 Å². The maximum absolute atomic E-state index is 13.0. The van der Waals surface area contributed by atoms with Crippen molar-refractivity contribution in [3.05, 3.63) is 60.0 Å². The second kappa shape index (κ2) is 9.76. The van der Waals surface area contributed by atoms with Gasteiger partial charge in [0.1, 0.15) is 5.75 Å². The fourth-order valence-corrected chi connectivity index (χ4v) is 3.82. The minimum absolute atomic E-state index is 0.0386. The monoisotopic (exact) mass is 456 g/mol. The lowest BCUT2D eigenvalue weighted by molar-refractivity contribution is -0.121. The summed E-state index contributed by atoms with van der Waals surface area (Å²) in [4.78, 5) is 31.8. The zero-order chi connectivity index (χ0) is 23.4. The second-order valence-electron chi connectivity index (χ2n) is 7.64. The molecule has 2 amide bonds.